The quantitative estimate of drug-likeness (QED) is 0.723. The van der Waals surface area contributed by atoms with Gasteiger partial charge in [-0.25, -0.2) is 4.98 Å². The predicted octanol–water partition coefficient (Wildman–Crippen LogP) is 2.91. The minimum atomic E-state index is -0.195. The highest BCUT2D eigenvalue weighted by molar-refractivity contribution is 5.94. The number of benzene rings is 1. The zero-order chi connectivity index (χ0) is 19.6. The van der Waals surface area contributed by atoms with Gasteiger partial charge in [0.1, 0.15) is 11.3 Å². The van der Waals surface area contributed by atoms with Gasteiger partial charge in [0.05, 0.1) is 27.0 Å². The van der Waals surface area contributed by atoms with Crippen molar-refractivity contribution in [2.75, 3.05) is 21.3 Å². The van der Waals surface area contributed by atoms with Crippen LogP contribution in [0, 0.1) is 13.8 Å². The number of fused-ring (bicyclic) bond motifs is 1. The summed E-state index contributed by atoms with van der Waals surface area (Å²) >= 11 is 0. The molecule has 0 saturated carbocycles. The van der Waals surface area contributed by atoms with Crippen molar-refractivity contribution in [1.82, 2.24) is 14.7 Å². The van der Waals surface area contributed by atoms with Gasteiger partial charge in [-0.1, -0.05) is 6.07 Å². The fraction of sp³-hybridized carbons (Fsp3) is 0.300. The monoisotopic (exact) mass is 369 g/mol. The van der Waals surface area contributed by atoms with Gasteiger partial charge in [-0.05, 0) is 43.2 Å². The molecule has 27 heavy (non-hydrogen) atoms. The lowest BCUT2D eigenvalue weighted by atomic mass is 10.1. The molecule has 0 unspecified atom stereocenters. The summed E-state index contributed by atoms with van der Waals surface area (Å²) in [5.74, 6) is 1.41. The topological polar surface area (TPSA) is 74.1 Å². The first-order valence-corrected chi connectivity index (χ1v) is 8.51. The van der Waals surface area contributed by atoms with Crippen LogP contribution in [-0.2, 0) is 6.54 Å². The van der Waals surface area contributed by atoms with Gasteiger partial charge in [-0.3, -0.25) is 9.20 Å². The Morgan fingerprint density at radius 1 is 1.11 bits per heavy atom. The molecular formula is C20H23N3O4. The first-order valence-electron chi connectivity index (χ1n) is 8.51. The molecule has 1 N–H and O–H groups in total. The Kier molecular flexibility index (Phi) is 5.21. The molecule has 0 bridgehead atoms. The smallest absolute Gasteiger partial charge is 0.270 e. The molecule has 3 rings (SSSR count). The van der Waals surface area contributed by atoms with E-state index in [-0.39, 0.29) is 5.91 Å². The molecule has 1 aromatic carbocycles. The van der Waals surface area contributed by atoms with Crippen molar-refractivity contribution < 1.29 is 19.0 Å². The van der Waals surface area contributed by atoms with E-state index in [1.54, 1.807) is 21.3 Å². The number of carbonyl (C=O) groups is 1. The van der Waals surface area contributed by atoms with Crippen molar-refractivity contribution in [3.63, 3.8) is 0 Å². The van der Waals surface area contributed by atoms with Crippen molar-refractivity contribution in [3.8, 4) is 17.2 Å². The summed E-state index contributed by atoms with van der Waals surface area (Å²) in [4.78, 5) is 17.3. The number of pyridine rings is 1. The van der Waals surface area contributed by atoms with Gasteiger partial charge in [0, 0.05) is 12.7 Å². The summed E-state index contributed by atoms with van der Waals surface area (Å²) in [6.07, 6.45) is 1.84. The molecule has 0 saturated heterocycles. The number of nitrogens with zero attached hydrogens (tertiary/aromatic N) is 2. The minimum Gasteiger partial charge on any atom is -0.493 e. The van der Waals surface area contributed by atoms with Crippen LogP contribution in [0.2, 0.25) is 0 Å². The van der Waals surface area contributed by atoms with Gasteiger partial charge in [-0.2, -0.15) is 0 Å². The second kappa shape index (κ2) is 7.57. The van der Waals surface area contributed by atoms with E-state index >= 15 is 0 Å². The van der Waals surface area contributed by atoms with Crippen LogP contribution in [0.5, 0.6) is 17.2 Å². The van der Waals surface area contributed by atoms with Crippen LogP contribution >= 0.6 is 0 Å². The van der Waals surface area contributed by atoms with Crippen LogP contribution in [0.25, 0.3) is 5.65 Å². The van der Waals surface area contributed by atoms with E-state index in [1.165, 1.54) is 0 Å². The van der Waals surface area contributed by atoms with Crippen LogP contribution in [-0.4, -0.2) is 36.6 Å². The van der Waals surface area contributed by atoms with Crippen molar-refractivity contribution in [2.45, 2.75) is 20.4 Å². The maximum Gasteiger partial charge on any atom is 0.270 e. The number of hydrogen-bond donors (Lipinski definition) is 1. The highest BCUT2D eigenvalue weighted by atomic mass is 16.5. The number of nitrogens with one attached hydrogen (secondary N) is 1. The molecule has 0 aliphatic heterocycles. The Labute approximate surface area is 157 Å². The van der Waals surface area contributed by atoms with E-state index in [0.29, 0.717) is 35.2 Å². The molecule has 0 fully saturated rings. The molecule has 0 aliphatic rings. The SMILES string of the molecule is COc1cc(CNC(=O)c2c(C)nc3c(C)cccn23)cc(OC)c1OC. The first-order chi connectivity index (χ1) is 13.0. The van der Waals surface area contributed by atoms with Crippen LogP contribution in [0.1, 0.15) is 27.3 Å². The van der Waals surface area contributed by atoms with E-state index < -0.39 is 0 Å². The molecule has 3 aromatic rings. The second-order valence-electron chi connectivity index (χ2n) is 6.15. The number of aromatic nitrogens is 2. The molecule has 0 radical (unpaired) electrons. The van der Waals surface area contributed by atoms with Gasteiger partial charge in [-0.15, -0.1) is 0 Å². The standard InChI is InChI=1S/C20H23N3O4/c1-12-7-6-8-23-17(13(2)22-19(12)23)20(24)21-11-14-9-15(25-3)18(27-5)16(10-14)26-4/h6-10H,11H2,1-5H3,(H,21,24). The highest BCUT2D eigenvalue weighted by Gasteiger charge is 2.18. The average Bonchev–Trinajstić information content (AvgIpc) is 3.02. The molecule has 0 spiro atoms. The van der Waals surface area contributed by atoms with Crippen LogP contribution in [0.3, 0.4) is 0 Å². The maximum atomic E-state index is 12.8. The Bertz CT molecular complexity index is 969. The van der Waals surface area contributed by atoms with Crippen LogP contribution in [0.4, 0.5) is 0 Å². The van der Waals surface area contributed by atoms with Crippen molar-refractivity contribution >= 4 is 11.6 Å². The number of hydrogen-bond acceptors (Lipinski definition) is 5. The van der Waals surface area contributed by atoms with E-state index in [1.807, 2.05) is 48.7 Å². The summed E-state index contributed by atoms with van der Waals surface area (Å²) < 4.78 is 17.9. The van der Waals surface area contributed by atoms with E-state index in [4.69, 9.17) is 14.2 Å². The summed E-state index contributed by atoms with van der Waals surface area (Å²) in [5, 5.41) is 2.94. The average molecular weight is 369 g/mol. The van der Waals surface area contributed by atoms with Gasteiger partial charge >= 0.3 is 0 Å². The summed E-state index contributed by atoms with van der Waals surface area (Å²) in [5.41, 5.74) is 3.85. The fourth-order valence-corrected chi connectivity index (χ4v) is 3.09. The van der Waals surface area contributed by atoms with Gasteiger partial charge in [0.15, 0.2) is 11.5 Å². The summed E-state index contributed by atoms with van der Waals surface area (Å²) in [7, 11) is 4.67. The normalized spacial score (nSPS) is 10.7. The number of imidazole rings is 1. The zero-order valence-electron chi connectivity index (χ0n) is 16.1. The van der Waals surface area contributed by atoms with Crippen LogP contribution in [0.15, 0.2) is 30.5 Å². The number of ether oxygens (including phenoxy) is 3. The molecule has 142 valence electrons. The number of methoxy groups -OCH3 is 3. The third kappa shape index (κ3) is 3.40. The number of carbonyl (C=O) groups excluding carboxylic acids is 1. The Morgan fingerprint density at radius 3 is 2.37 bits per heavy atom. The first kappa shape index (κ1) is 18.6. The number of amides is 1. The molecule has 2 heterocycles. The molecular weight excluding hydrogens is 346 g/mol. The Balaban J connectivity index is 1.87. The highest BCUT2D eigenvalue weighted by Crippen LogP contribution is 2.38. The summed E-state index contributed by atoms with van der Waals surface area (Å²) in [6.45, 7) is 4.12. The van der Waals surface area contributed by atoms with Crippen molar-refractivity contribution in [1.29, 1.82) is 0 Å². The minimum absolute atomic E-state index is 0.195. The van der Waals surface area contributed by atoms with E-state index in [9.17, 15) is 4.79 Å². The molecule has 0 atom stereocenters. The molecule has 7 nitrogen and oxygen atoms in total. The molecule has 7 heteroatoms. The molecule has 2 aromatic heterocycles. The third-order valence-corrected chi connectivity index (χ3v) is 4.41. The summed E-state index contributed by atoms with van der Waals surface area (Å²) in [6, 6.07) is 7.50. The predicted molar refractivity (Wildman–Crippen MR) is 102 cm³/mol. The van der Waals surface area contributed by atoms with Gasteiger partial charge in [0.25, 0.3) is 5.91 Å². The van der Waals surface area contributed by atoms with Crippen molar-refractivity contribution in [3.05, 3.63) is 53.0 Å². The lowest BCUT2D eigenvalue weighted by molar-refractivity contribution is 0.0944. The number of aryl methyl sites for hydroxylation is 2. The fourth-order valence-electron chi connectivity index (χ4n) is 3.09. The van der Waals surface area contributed by atoms with E-state index in [2.05, 4.69) is 10.3 Å². The third-order valence-electron chi connectivity index (χ3n) is 4.41. The van der Waals surface area contributed by atoms with Crippen molar-refractivity contribution in [2.24, 2.45) is 0 Å². The van der Waals surface area contributed by atoms with Crippen LogP contribution < -0.4 is 19.5 Å². The Morgan fingerprint density at radius 2 is 1.78 bits per heavy atom. The number of rotatable bonds is 6. The second-order valence-corrected chi connectivity index (χ2v) is 6.15. The van der Waals surface area contributed by atoms with Gasteiger partial charge < -0.3 is 19.5 Å². The largest absolute Gasteiger partial charge is 0.493 e. The Hall–Kier alpha value is -3.22. The van der Waals surface area contributed by atoms with E-state index in [0.717, 1.165) is 16.8 Å². The molecule has 1 amide bonds. The van der Waals surface area contributed by atoms with Gasteiger partial charge in [0.2, 0.25) is 5.75 Å². The maximum absolute atomic E-state index is 12.8. The zero-order valence-corrected chi connectivity index (χ0v) is 16.1. The molecule has 0 aliphatic carbocycles. The lowest BCUT2D eigenvalue weighted by Gasteiger charge is -2.14. The lowest BCUT2D eigenvalue weighted by Crippen LogP contribution is -2.25.